The van der Waals surface area contributed by atoms with Crippen molar-refractivity contribution in [3.05, 3.63) is 42.7 Å². The Morgan fingerprint density at radius 3 is 2.55 bits per heavy atom. The van der Waals surface area contributed by atoms with E-state index in [1.165, 1.54) is 0 Å². The van der Waals surface area contributed by atoms with Crippen LogP contribution in [0.15, 0.2) is 42.7 Å². The van der Waals surface area contributed by atoms with E-state index in [1.54, 1.807) is 18.5 Å². The van der Waals surface area contributed by atoms with E-state index in [2.05, 4.69) is 37.7 Å². The van der Waals surface area contributed by atoms with Crippen LogP contribution in [-0.2, 0) is 4.74 Å². The molecule has 0 aliphatic carbocycles. The third kappa shape index (κ3) is 3.56. The Labute approximate surface area is 168 Å². The largest absolute Gasteiger partial charge is 0.507 e. The van der Waals surface area contributed by atoms with Crippen molar-refractivity contribution in [1.29, 1.82) is 0 Å². The number of piperidine rings is 1. The predicted octanol–water partition coefficient (Wildman–Crippen LogP) is 2.19. The molecule has 4 heterocycles. The summed E-state index contributed by atoms with van der Waals surface area (Å²) < 4.78 is 5.64. The average molecular weight is 392 g/mol. The molecule has 5 rings (SSSR count). The summed E-state index contributed by atoms with van der Waals surface area (Å²) in [5, 5.41) is 29.7. The number of fused-ring (bicyclic) bond motifs is 2. The van der Waals surface area contributed by atoms with Crippen molar-refractivity contribution < 1.29 is 9.84 Å². The molecule has 29 heavy (non-hydrogen) atoms. The fourth-order valence-corrected chi connectivity index (χ4v) is 4.30. The van der Waals surface area contributed by atoms with Gasteiger partial charge in [-0.2, -0.15) is 5.10 Å². The maximum absolute atomic E-state index is 10.5. The second-order valence-electron chi connectivity index (χ2n) is 7.83. The summed E-state index contributed by atoms with van der Waals surface area (Å²) in [5.74, 6) is 1.01. The number of phenols is 1. The number of rotatable bonds is 4. The number of hydrogen-bond donors (Lipinski definition) is 3. The number of nitrogens with one attached hydrogen (secondary N) is 2. The summed E-state index contributed by atoms with van der Waals surface area (Å²) >= 11 is 0. The fourth-order valence-electron chi connectivity index (χ4n) is 4.30. The van der Waals surface area contributed by atoms with Crippen molar-refractivity contribution in [2.24, 2.45) is 0 Å². The lowest BCUT2D eigenvalue weighted by molar-refractivity contribution is 0.0183. The first-order valence-electron chi connectivity index (χ1n) is 9.90. The summed E-state index contributed by atoms with van der Waals surface area (Å²) in [6, 6.07) is 10.6. The fraction of sp³-hybridized carbons (Fsp3) is 0.381. The maximum atomic E-state index is 10.5. The molecule has 0 radical (unpaired) electrons. The van der Waals surface area contributed by atoms with Crippen LogP contribution >= 0.6 is 0 Å². The number of anilines is 1. The Bertz CT molecular complexity index is 963. The van der Waals surface area contributed by atoms with Gasteiger partial charge in [0.25, 0.3) is 0 Å². The zero-order valence-electron chi connectivity index (χ0n) is 16.2. The normalized spacial score (nSPS) is 23.7. The third-order valence-corrected chi connectivity index (χ3v) is 5.89. The van der Waals surface area contributed by atoms with Crippen LogP contribution in [0.4, 0.5) is 5.82 Å². The summed E-state index contributed by atoms with van der Waals surface area (Å²) in [7, 11) is 2.08. The molecule has 3 N–H and O–H groups in total. The van der Waals surface area contributed by atoms with Crippen LogP contribution in [0.25, 0.3) is 22.4 Å². The lowest BCUT2D eigenvalue weighted by Crippen LogP contribution is -2.58. The number of morpholine rings is 1. The van der Waals surface area contributed by atoms with Gasteiger partial charge in [-0.1, -0.05) is 6.07 Å². The van der Waals surface area contributed by atoms with Crippen molar-refractivity contribution in [1.82, 2.24) is 25.7 Å². The summed E-state index contributed by atoms with van der Waals surface area (Å²) in [6.07, 6.45) is 5.58. The Kier molecular flexibility index (Phi) is 4.65. The Morgan fingerprint density at radius 2 is 1.90 bits per heavy atom. The van der Waals surface area contributed by atoms with Gasteiger partial charge in [0, 0.05) is 42.5 Å². The van der Waals surface area contributed by atoms with Gasteiger partial charge >= 0.3 is 0 Å². The third-order valence-electron chi connectivity index (χ3n) is 5.89. The van der Waals surface area contributed by atoms with E-state index in [4.69, 9.17) is 4.74 Å². The number of aromatic amines is 1. The highest BCUT2D eigenvalue weighted by Gasteiger charge is 2.34. The Morgan fingerprint density at radius 1 is 1.07 bits per heavy atom. The highest BCUT2D eigenvalue weighted by molar-refractivity contribution is 5.73. The molecule has 3 atom stereocenters. The summed E-state index contributed by atoms with van der Waals surface area (Å²) in [4.78, 5) is 2.21. The van der Waals surface area contributed by atoms with Crippen molar-refractivity contribution in [2.75, 3.05) is 25.2 Å². The average Bonchev–Trinajstić information content (AvgIpc) is 3.28. The van der Waals surface area contributed by atoms with Crippen LogP contribution in [0, 0.1) is 0 Å². The monoisotopic (exact) mass is 392 g/mol. The molecule has 0 saturated carbocycles. The first kappa shape index (κ1) is 18.1. The van der Waals surface area contributed by atoms with Crippen LogP contribution in [0.2, 0.25) is 0 Å². The van der Waals surface area contributed by atoms with Crippen LogP contribution in [0.3, 0.4) is 0 Å². The minimum absolute atomic E-state index is 0.172. The van der Waals surface area contributed by atoms with Crippen molar-refractivity contribution in [3.63, 3.8) is 0 Å². The molecule has 0 unspecified atom stereocenters. The van der Waals surface area contributed by atoms with Crippen LogP contribution in [0.1, 0.15) is 12.8 Å². The van der Waals surface area contributed by atoms with Gasteiger partial charge in [0.1, 0.15) is 5.75 Å². The number of aromatic nitrogens is 4. The predicted molar refractivity (Wildman–Crippen MR) is 110 cm³/mol. The SMILES string of the molecule is CN(c1ccc(-c2ccc(-c3cn[nH]c3)cc2O)nn1)[C@@H]1C[C@H]2COC[C@@H](C1)N2. The molecule has 2 aromatic heterocycles. The minimum atomic E-state index is 0.172. The molecule has 150 valence electrons. The van der Waals surface area contributed by atoms with E-state index in [0.29, 0.717) is 29.4 Å². The maximum Gasteiger partial charge on any atom is 0.151 e. The lowest BCUT2D eigenvalue weighted by Gasteiger charge is -2.43. The van der Waals surface area contributed by atoms with Gasteiger partial charge in [-0.25, -0.2) is 0 Å². The number of ether oxygens (including phenoxy) is 1. The number of H-pyrrole nitrogens is 1. The molecule has 2 fully saturated rings. The Hall–Kier alpha value is -2.97. The quantitative estimate of drug-likeness (QED) is 0.626. The van der Waals surface area contributed by atoms with Crippen LogP contribution in [0.5, 0.6) is 5.75 Å². The molecule has 2 saturated heterocycles. The van der Waals surface area contributed by atoms with Crippen LogP contribution < -0.4 is 10.2 Å². The summed E-state index contributed by atoms with van der Waals surface area (Å²) in [6.45, 7) is 1.55. The first-order chi connectivity index (χ1) is 14.2. The van der Waals surface area contributed by atoms with Gasteiger partial charge in [0.2, 0.25) is 0 Å². The van der Waals surface area contributed by atoms with E-state index >= 15 is 0 Å². The van der Waals surface area contributed by atoms with Gasteiger partial charge in [-0.15, -0.1) is 10.2 Å². The van der Waals surface area contributed by atoms with E-state index in [9.17, 15) is 5.11 Å². The minimum Gasteiger partial charge on any atom is -0.507 e. The van der Waals surface area contributed by atoms with E-state index in [-0.39, 0.29) is 5.75 Å². The van der Waals surface area contributed by atoms with Crippen molar-refractivity contribution in [3.8, 4) is 28.1 Å². The number of hydrogen-bond acceptors (Lipinski definition) is 7. The smallest absolute Gasteiger partial charge is 0.151 e. The Balaban J connectivity index is 1.33. The second kappa shape index (κ2) is 7.46. The van der Waals surface area contributed by atoms with Crippen molar-refractivity contribution >= 4 is 5.82 Å². The van der Waals surface area contributed by atoms with E-state index in [0.717, 1.165) is 43.0 Å². The molecule has 1 aromatic carbocycles. The molecule has 8 nitrogen and oxygen atoms in total. The topological polar surface area (TPSA) is 99.2 Å². The number of phenolic OH excluding ortho intramolecular Hbond substituents is 1. The molecule has 2 aliphatic rings. The first-order valence-corrected chi connectivity index (χ1v) is 9.90. The standard InChI is InChI=1S/C21H24N6O2/c1-27(17-7-15-11-29-12-16(8-17)24-15)21-5-4-19(25-26-21)18-3-2-13(6-20(18)28)14-9-22-23-10-14/h2-6,9-10,15-17,24,28H,7-8,11-12H2,1H3,(H,22,23)/t15-,16+,17+. The van der Waals surface area contributed by atoms with Gasteiger partial charge in [0.15, 0.2) is 5.82 Å². The highest BCUT2D eigenvalue weighted by Crippen LogP contribution is 2.33. The van der Waals surface area contributed by atoms with Crippen molar-refractivity contribution in [2.45, 2.75) is 31.0 Å². The molecule has 2 aliphatic heterocycles. The molecule has 8 heteroatoms. The second-order valence-corrected chi connectivity index (χ2v) is 7.83. The number of nitrogens with zero attached hydrogens (tertiary/aromatic N) is 4. The zero-order chi connectivity index (χ0) is 19.8. The molecule has 0 amide bonds. The van der Waals surface area contributed by atoms with Gasteiger partial charge in [0.05, 0.1) is 25.1 Å². The van der Waals surface area contributed by atoms with Gasteiger partial charge < -0.3 is 20.1 Å². The van der Waals surface area contributed by atoms with Gasteiger partial charge in [-0.05, 0) is 42.7 Å². The zero-order valence-corrected chi connectivity index (χ0v) is 16.2. The molecule has 0 spiro atoms. The number of benzene rings is 1. The highest BCUT2D eigenvalue weighted by atomic mass is 16.5. The number of aromatic hydroxyl groups is 1. The summed E-state index contributed by atoms with van der Waals surface area (Å²) in [5.41, 5.74) is 3.12. The lowest BCUT2D eigenvalue weighted by atomic mass is 9.92. The van der Waals surface area contributed by atoms with Crippen LogP contribution in [-0.4, -0.2) is 63.9 Å². The van der Waals surface area contributed by atoms with E-state index < -0.39 is 0 Å². The molecule has 2 bridgehead atoms. The molecular formula is C21H24N6O2. The van der Waals surface area contributed by atoms with Gasteiger partial charge in [-0.3, -0.25) is 5.10 Å². The van der Waals surface area contributed by atoms with E-state index in [1.807, 2.05) is 24.3 Å². The molecule has 3 aromatic rings. The molecular weight excluding hydrogens is 368 g/mol.